The van der Waals surface area contributed by atoms with Gasteiger partial charge in [0.15, 0.2) is 11.5 Å². The molecule has 3 heterocycles. The molecule has 0 saturated carbocycles. The van der Waals surface area contributed by atoms with Crippen LogP contribution in [0.25, 0.3) is 0 Å². The van der Waals surface area contributed by atoms with Gasteiger partial charge in [0.25, 0.3) is 0 Å². The molecule has 0 bridgehead atoms. The van der Waals surface area contributed by atoms with Crippen LogP contribution in [0.2, 0.25) is 0 Å². The molecule has 1 aromatic carbocycles. The van der Waals surface area contributed by atoms with Crippen molar-refractivity contribution in [1.29, 1.82) is 0 Å². The molecule has 0 aliphatic carbocycles. The lowest BCUT2D eigenvalue weighted by molar-refractivity contribution is -0.117. The highest BCUT2D eigenvalue weighted by molar-refractivity contribution is 5.97. The molecule has 4 rings (SSSR count). The summed E-state index contributed by atoms with van der Waals surface area (Å²) in [4.78, 5) is 28.6. The van der Waals surface area contributed by atoms with Gasteiger partial charge in [-0.05, 0) is 25.1 Å². The average Bonchev–Trinajstić information content (AvgIpc) is 3.11. The molecule has 2 N–H and O–H groups in total. The van der Waals surface area contributed by atoms with Crippen LogP contribution in [0, 0.1) is 0 Å². The number of amides is 3. The molecule has 0 aromatic heterocycles. The van der Waals surface area contributed by atoms with E-state index < -0.39 is 0 Å². The maximum absolute atomic E-state index is 12.4. The number of carbonyl (C=O) groups excluding carboxylic acids is 2. The monoisotopic (exact) mass is 404 g/mol. The van der Waals surface area contributed by atoms with E-state index in [0.717, 1.165) is 45.0 Å². The van der Waals surface area contributed by atoms with Gasteiger partial charge in [0.1, 0.15) is 13.2 Å². The first-order valence-electron chi connectivity index (χ1n) is 10.2. The molecule has 3 amide bonds. The molecule has 3 aliphatic heterocycles. The molecule has 0 spiro atoms. The zero-order chi connectivity index (χ0) is 20.1. The van der Waals surface area contributed by atoms with Crippen molar-refractivity contribution in [2.45, 2.75) is 18.9 Å². The summed E-state index contributed by atoms with van der Waals surface area (Å²) in [5.74, 6) is 1.33. The van der Waals surface area contributed by atoms with Crippen LogP contribution in [0.15, 0.2) is 18.2 Å². The summed E-state index contributed by atoms with van der Waals surface area (Å²) in [7, 11) is 0. The first kappa shape index (κ1) is 19.8. The van der Waals surface area contributed by atoms with E-state index in [-0.39, 0.29) is 24.4 Å². The van der Waals surface area contributed by atoms with Crippen LogP contribution in [0.4, 0.5) is 10.5 Å². The fourth-order valence-corrected chi connectivity index (χ4v) is 3.82. The van der Waals surface area contributed by atoms with Crippen molar-refractivity contribution in [1.82, 2.24) is 15.5 Å². The van der Waals surface area contributed by atoms with Gasteiger partial charge >= 0.3 is 6.03 Å². The lowest BCUT2D eigenvalue weighted by Gasteiger charge is -2.26. The summed E-state index contributed by atoms with van der Waals surface area (Å²) < 4.78 is 16.4. The third kappa shape index (κ3) is 5.10. The first-order valence-corrected chi connectivity index (χ1v) is 10.2. The fraction of sp³-hybridized carbons (Fsp3) is 0.600. The number of ether oxygens (including phenoxy) is 3. The highest BCUT2D eigenvalue weighted by atomic mass is 16.6. The SMILES string of the molecule is O=C(NCCCN1CCOCC1)NC1CC(=O)N(c2ccc3c(c2)OCCO3)C1. The second kappa shape index (κ2) is 9.32. The predicted octanol–water partition coefficient (Wildman–Crippen LogP) is 0.585. The Morgan fingerprint density at radius 2 is 1.90 bits per heavy atom. The third-order valence-corrected chi connectivity index (χ3v) is 5.34. The predicted molar refractivity (Wildman–Crippen MR) is 107 cm³/mol. The summed E-state index contributed by atoms with van der Waals surface area (Å²) in [5.41, 5.74) is 0.759. The molecular weight excluding hydrogens is 376 g/mol. The van der Waals surface area contributed by atoms with E-state index in [4.69, 9.17) is 14.2 Å². The summed E-state index contributed by atoms with van der Waals surface area (Å²) in [5, 5.41) is 5.79. The normalized spacial score (nSPS) is 21.9. The molecule has 9 heteroatoms. The number of urea groups is 1. The van der Waals surface area contributed by atoms with E-state index in [2.05, 4.69) is 15.5 Å². The molecule has 29 heavy (non-hydrogen) atoms. The zero-order valence-electron chi connectivity index (χ0n) is 16.5. The van der Waals surface area contributed by atoms with E-state index in [1.165, 1.54) is 0 Å². The number of benzene rings is 1. The maximum atomic E-state index is 12.4. The second-order valence-electron chi connectivity index (χ2n) is 7.44. The van der Waals surface area contributed by atoms with Gasteiger partial charge in [-0.3, -0.25) is 9.69 Å². The molecule has 1 aromatic rings. The van der Waals surface area contributed by atoms with Gasteiger partial charge in [-0.15, -0.1) is 0 Å². The number of rotatable bonds is 6. The number of nitrogens with zero attached hydrogens (tertiary/aromatic N) is 2. The van der Waals surface area contributed by atoms with Gasteiger partial charge in [0.2, 0.25) is 5.91 Å². The Labute approximate surface area is 170 Å². The Morgan fingerprint density at radius 1 is 1.10 bits per heavy atom. The third-order valence-electron chi connectivity index (χ3n) is 5.34. The number of anilines is 1. The second-order valence-corrected chi connectivity index (χ2v) is 7.44. The van der Waals surface area contributed by atoms with Gasteiger partial charge in [0, 0.05) is 44.4 Å². The van der Waals surface area contributed by atoms with Gasteiger partial charge in [-0.25, -0.2) is 4.79 Å². The van der Waals surface area contributed by atoms with Gasteiger partial charge in [-0.2, -0.15) is 0 Å². The number of morpholine rings is 1. The molecule has 0 radical (unpaired) electrons. The van der Waals surface area contributed by atoms with Crippen LogP contribution in [-0.4, -0.2) is 82.0 Å². The van der Waals surface area contributed by atoms with E-state index in [1.54, 1.807) is 4.90 Å². The summed E-state index contributed by atoms with van der Waals surface area (Å²) in [6.07, 6.45) is 1.18. The molecular formula is C20H28N4O5. The molecule has 158 valence electrons. The summed E-state index contributed by atoms with van der Waals surface area (Å²) >= 11 is 0. The minimum Gasteiger partial charge on any atom is -0.486 e. The van der Waals surface area contributed by atoms with Crippen molar-refractivity contribution in [3.8, 4) is 11.5 Å². The van der Waals surface area contributed by atoms with Crippen LogP contribution in [0.5, 0.6) is 11.5 Å². The van der Waals surface area contributed by atoms with Gasteiger partial charge < -0.3 is 29.7 Å². The molecule has 1 unspecified atom stereocenters. The zero-order valence-corrected chi connectivity index (χ0v) is 16.5. The largest absolute Gasteiger partial charge is 0.486 e. The van der Waals surface area contributed by atoms with Crippen molar-refractivity contribution >= 4 is 17.6 Å². The topological polar surface area (TPSA) is 92.4 Å². The van der Waals surface area contributed by atoms with Gasteiger partial charge in [0.05, 0.1) is 19.3 Å². The molecule has 2 fully saturated rings. The van der Waals surface area contributed by atoms with E-state index >= 15 is 0 Å². The molecule has 1 atom stereocenters. The molecule has 3 aliphatic rings. The first-order chi connectivity index (χ1) is 14.2. The molecule has 2 saturated heterocycles. The average molecular weight is 404 g/mol. The summed E-state index contributed by atoms with van der Waals surface area (Å²) in [6, 6.07) is 5.04. The lowest BCUT2D eigenvalue weighted by Crippen LogP contribution is -2.44. The Balaban J connectivity index is 1.21. The Morgan fingerprint density at radius 3 is 2.72 bits per heavy atom. The van der Waals surface area contributed by atoms with Gasteiger partial charge in [-0.1, -0.05) is 0 Å². The van der Waals surface area contributed by atoms with Crippen LogP contribution in [-0.2, 0) is 9.53 Å². The Bertz CT molecular complexity index is 738. The number of nitrogens with one attached hydrogen (secondary N) is 2. The smallest absolute Gasteiger partial charge is 0.315 e. The number of hydrogen-bond acceptors (Lipinski definition) is 6. The van der Waals surface area contributed by atoms with Crippen molar-refractivity contribution in [2.24, 2.45) is 0 Å². The van der Waals surface area contributed by atoms with E-state index in [9.17, 15) is 9.59 Å². The number of carbonyl (C=O) groups is 2. The van der Waals surface area contributed by atoms with Crippen molar-refractivity contribution in [2.75, 3.05) is 64.1 Å². The van der Waals surface area contributed by atoms with Crippen LogP contribution in [0.1, 0.15) is 12.8 Å². The quantitative estimate of drug-likeness (QED) is 0.674. The van der Waals surface area contributed by atoms with E-state index in [1.807, 2.05) is 18.2 Å². The van der Waals surface area contributed by atoms with Crippen molar-refractivity contribution < 1.29 is 23.8 Å². The highest BCUT2D eigenvalue weighted by Crippen LogP contribution is 2.35. The highest BCUT2D eigenvalue weighted by Gasteiger charge is 2.32. The number of fused-ring (bicyclic) bond motifs is 1. The lowest BCUT2D eigenvalue weighted by atomic mass is 10.2. The number of hydrogen-bond donors (Lipinski definition) is 2. The maximum Gasteiger partial charge on any atom is 0.315 e. The van der Waals surface area contributed by atoms with Crippen LogP contribution in [0.3, 0.4) is 0 Å². The minimum absolute atomic E-state index is 0.0145. The van der Waals surface area contributed by atoms with Crippen molar-refractivity contribution in [3.05, 3.63) is 18.2 Å². The van der Waals surface area contributed by atoms with Crippen LogP contribution >= 0.6 is 0 Å². The summed E-state index contributed by atoms with van der Waals surface area (Å²) in [6.45, 7) is 6.49. The molecule has 9 nitrogen and oxygen atoms in total. The Hall–Kier alpha value is -2.52. The standard InChI is InChI=1S/C20H28N4O5/c25-19-12-15(22-20(26)21-4-1-5-23-6-8-27-9-7-23)14-24(19)16-2-3-17-18(13-16)29-11-10-28-17/h2-3,13,15H,1,4-12,14H2,(H2,21,22,26). The van der Waals surface area contributed by atoms with Crippen molar-refractivity contribution in [3.63, 3.8) is 0 Å². The van der Waals surface area contributed by atoms with Crippen LogP contribution < -0.4 is 25.0 Å². The Kier molecular flexibility index (Phi) is 6.36. The van der Waals surface area contributed by atoms with E-state index in [0.29, 0.717) is 37.8 Å². The minimum atomic E-state index is -0.228. The fourth-order valence-electron chi connectivity index (χ4n) is 3.82.